The molecule has 7 heteroatoms. The van der Waals surface area contributed by atoms with Gasteiger partial charge in [-0.15, -0.1) is 0 Å². The molecule has 3 rings (SSSR count). The molecule has 136 valence electrons. The van der Waals surface area contributed by atoms with Crippen LogP contribution in [0.1, 0.15) is 15.9 Å². The summed E-state index contributed by atoms with van der Waals surface area (Å²) in [6.45, 7) is -0.0207. The van der Waals surface area contributed by atoms with Crippen LogP contribution in [0.2, 0.25) is 5.02 Å². The average molecular weight is 400 g/mol. The van der Waals surface area contributed by atoms with Gasteiger partial charge in [-0.3, -0.25) is 4.79 Å². The summed E-state index contributed by atoms with van der Waals surface area (Å²) < 4.78 is 5.60. The number of hydrogen-bond donors (Lipinski definition) is 1. The van der Waals surface area contributed by atoms with Crippen molar-refractivity contribution in [1.29, 1.82) is 0 Å². The summed E-state index contributed by atoms with van der Waals surface area (Å²) in [5.74, 6) is -2.28. The van der Waals surface area contributed by atoms with Gasteiger partial charge in [0.25, 0.3) is 5.78 Å². The van der Waals surface area contributed by atoms with E-state index in [1.807, 2.05) is 30.3 Å². The van der Waals surface area contributed by atoms with E-state index >= 15 is 0 Å². The molecule has 0 aliphatic heterocycles. The number of aromatic nitrogens is 1. The summed E-state index contributed by atoms with van der Waals surface area (Å²) >= 11 is 7.77. The van der Waals surface area contributed by atoms with Gasteiger partial charge in [0.1, 0.15) is 11.6 Å². The number of nitrogens with zero attached hydrogens (tertiary/aromatic N) is 1. The number of pyridine rings is 1. The number of halogens is 1. The lowest BCUT2D eigenvalue weighted by Gasteiger charge is -2.10. The Kier molecular flexibility index (Phi) is 6.11. The summed E-state index contributed by atoms with van der Waals surface area (Å²) in [4.78, 5) is 28.8. The van der Waals surface area contributed by atoms with Crippen molar-refractivity contribution in [2.45, 2.75) is 16.4 Å². The first-order valence-electron chi connectivity index (χ1n) is 7.91. The minimum Gasteiger partial charge on any atom is -0.475 e. The number of rotatable bonds is 7. The molecule has 0 bridgehead atoms. The molecule has 0 aliphatic rings. The van der Waals surface area contributed by atoms with Gasteiger partial charge >= 0.3 is 5.97 Å². The number of aliphatic carboxylic acids is 1. The number of ether oxygens (including phenoxy) is 1. The van der Waals surface area contributed by atoms with E-state index in [1.54, 1.807) is 30.5 Å². The molecule has 0 radical (unpaired) electrons. The Hall–Kier alpha value is -2.83. The predicted molar refractivity (Wildman–Crippen MR) is 103 cm³/mol. The van der Waals surface area contributed by atoms with Crippen molar-refractivity contribution in [3.8, 4) is 5.88 Å². The van der Waals surface area contributed by atoms with Gasteiger partial charge in [0, 0.05) is 27.1 Å². The Morgan fingerprint density at radius 3 is 2.44 bits per heavy atom. The Morgan fingerprint density at radius 2 is 1.74 bits per heavy atom. The van der Waals surface area contributed by atoms with Crippen molar-refractivity contribution in [1.82, 2.24) is 4.98 Å². The van der Waals surface area contributed by atoms with Gasteiger partial charge < -0.3 is 9.84 Å². The van der Waals surface area contributed by atoms with Crippen molar-refractivity contribution < 1.29 is 19.4 Å². The van der Waals surface area contributed by atoms with Crippen LogP contribution >= 0.6 is 23.4 Å². The molecule has 1 heterocycles. The van der Waals surface area contributed by atoms with Crippen LogP contribution in [0.5, 0.6) is 5.88 Å². The fourth-order valence-electron chi connectivity index (χ4n) is 2.32. The number of benzene rings is 2. The fourth-order valence-corrected chi connectivity index (χ4v) is 3.46. The average Bonchev–Trinajstić information content (AvgIpc) is 2.68. The first-order valence-corrected chi connectivity index (χ1v) is 9.11. The smallest absolute Gasteiger partial charge is 0.377 e. The second-order valence-corrected chi connectivity index (χ2v) is 7.01. The van der Waals surface area contributed by atoms with E-state index in [1.165, 1.54) is 17.8 Å². The van der Waals surface area contributed by atoms with E-state index in [0.717, 1.165) is 9.79 Å². The largest absolute Gasteiger partial charge is 0.475 e. The molecule has 5 nitrogen and oxygen atoms in total. The van der Waals surface area contributed by atoms with Gasteiger partial charge in [0.15, 0.2) is 0 Å². The maximum atomic E-state index is 11.8. The zero-order valence-electron chi connectivity index (χ0n) is 14.0. The van der Waals surface area contributed by atoms with Crippen LogP contribution < -0.4 is 4.74 Å². The number of carbonyl (C=O) groups is 2. The Balaban J connectivity index is 1.72. The van der Waals surface area contributed by atoms with E-state index in [0.29, 0.717) is 10.6 Å². The standard InChI is InChI=1S/C20H14ClNO4S/c21-17-10-15(27-14-7-2-1-3-8-14)11-22-19(17)26-12-13-6-4-5-9-16(13)18(23)20(24)25/h1-11H,12H2,(H,24,25). The molecule has 0 saturated carbocycles. The number of carboxylic acids is 1. The first-order chi connectivity index (χ1) is 13.0. The zero-order valence-corrected chi connectivity index (χ0v) is 15.5. The first kappa shape index (κ1) is 18.9. The lowest BCUT2D eigenvalue weighted by molar-refractivity contribution is -0.131. The third-order valence-corrected chi connectivity index (χ3v) is 4.82. The molecule has 1 N–H and O–H groups in total. The highest BCUT2D eigenvalue weighted by atomic mass is 35.5. The lowest BCUT2D eigenvalue weighted by atomic mass is 10.0. The molecular formula is C20H14ClNO4S. The summed E-state index contributed by atoms with van der Waals surface area (Å²) in [7, 11) is 0. The monoisotopic (exact) mass is 399 g/mol. The summed E-state index contributed by atoms with van der Waals surface area (Å²) in [5, 5.41) is 9.25. The quantitative estimate of drug-likeness (QED) is 0.457. The van der Waals surface area contributed by atoms with Crippen LogP contribution in [0.25, 0.3) is 0 Å². The van der Waals surface area contributed by atoms with Crippen molar-refractivity contribution in [3.05, 3.63) is 83.0 Å². The van der Waals surface area contributed by atoms with E-state index in [9.17, 15) is 9.59 Å². The van der Waals surface area contributed by atoms with Gasteiger partial charge in [-0.25, -0.2) is 9.78 Å². The number of ketones is 1. The number of carbonyl (C=O) groups excluding carboxylic acids is 1. The van der Waals surface area contributed by atoms with Crippen molar-refractivity contribution >= 4 is 35.1 Å². The van der Waals surface area contributed by atoms with Crippen LogP contribution in [-0.4, -0.2) is 21.8 Å². The van der Waals surface area contributed by atoms with Crippen LogP contribution in [0.15, 0.2) is 76.7 Å². The van der Waals surface area contributed by atoms with Crippen molar-refractivity contribution in [3.63, 3.8) is 0 Å². The highest BCUT2D eigenvalue weighted by Crippen LogP contribution is 2.32. The van der Waals surface area contributed by atoms with E-state index < -0.39 is 11.8 Å². The SMILES string of the molecule is O=C(O)C(=O)c1ccccc1COc1ncc(Sc2ccccc2)cc1Cl. The third kappa shape index (κ3) is 4.87. The second-order valence-electron chi connectivity index (χ2n) is 5.45. The van der Waals surface area contributed by atoms with Gasteiger partial charge in [-0.2, -0.15) is 0 Å². The van der Waals surface area contributed by atoms with Crippen molar-refractivity contribution in [2.75, 3.05) is 0 Å². The second kappa shape index (κ2) is 8.70. The van der Waals surface area contributed by atoms with Gasteiger partial charge in [0.2, 0.25) is 5.88 Å². The van der Waals surface area contributed by atoms with Crippen LogP contribution in [0.4, 0.5) is 0 Å². The Labute approximate surface area is 165 Å². The van der Waals surface area contributed by atoms with E-state index in [2.05, 4.69) is 4.98 Å². The molecule has 0 unspecified atom stereocenters. The van der Waals surface area contributed by atoms with E-state index in [4.69, 9.17) is 21.4 Å². The summed E-state index contributed by atoms with van der Waals surface area (Å²) in [6.07, 6.45) is 1.65. The number of Topliss-reactive ketones (excluding diaryl/α,β-unsaturated/α-hetero) is 1. The minimum absolute atomic E-state index is 0.0207. The summed E-state index contributed by atoms with van der Waals surface area (Å²) in [6, 6.07) is 17.9. The highest BCUT2D eigenvalue weighted by molar-refractivity contribution is 7.99. The highest BCUT2D eigenvalue weighted by Gasteiger charge is 2.18. The third-order valence-electron chi connectivity index (χ3n) is 3.58. The Morgan fingerprint density at radius 1 is 1.04 bits per heavy atom. The van der Waals surface area contributed by atoms with E-state index in [-0.39, 0.29) is 18.1 Å². The molecule has 3 aromatic rings. The molecule has 0 spiro atoms. The van der Waals surface area contributed by atoms with Gasteiger partial charge in [-0.05, 0) is 18.2 Å². The molecule has 2 aromatic carbocycles. The van der Waals surface area contributed by atoms with Crippen LogP contribution in [0.3, 0.4) is 0 Å². The number of hydrogen-bond acceptors (Lipinski definition) is 5. The molecule has 0 amide bonds. The molecule has 0 fully saturated rings. The molecule has 0 aliphatic carbocycles. The fraction of sp³-hybridized carbons (Fsp3) is 0.0500. The normalized spacial score (nSPS) is 10.4. The maximum Gasteiger partial charge on any atom is 0.377 e. The van der Waals surface area contributed by atoms with Crippen molar-refractivity contribution in [2.24, 2.45) is 0 Å². The molecule has 1 aromatic heterocycles. The zero-order chi connectivity index (χ0) is 19.2. The van der Waals surface area contributed by atoms with Crippen LogP contribution in [-0.2, 0) is 11.4 Å². The molecule has 0 saturated heterocycles. The Bertz CT molecular complexity index is 979. The molecular weight excluding hydrogens is 386 g/mol. The van der Waals surface area contributed by atoms with Gasteiger partial charge in [-0.1, -0.05) is 65.8 Å². The molecule has 0 atom stereocenters. The van der Waals surface area contributed by atoms with Crippen LogP contribution in [0, 0.1) is 0 Å². The summed E-state index contributed by atoms with van der Waals surface area (Å²) in [5.41, 5.74) is 0.530. The lowest BCUT2D eigenvalue weighted by Crippen LogP contribution is -2.15. The topological polar surface area (TPSA) is 76.5 Å². The molecule has 27 heavy (non-hydrogen) atoms. The predicted octanol–water partition coefficient (Wildman–Crippen LogP) is 4.73. The van der Waals surface area contributed by atoms with Gasteiger partial charge in [0.05, 0.1) is 0 Å². The minimum atomic E-state index is -1.51. The number of carboxylic acid groups (broad SMARTS) is 1. The maximum absolute atomic E-state index is 11.8.